The Morgan fingerprint density at radius 1 is 1.17 bits per heavy atom. The first-order valence-corrected chi connectivity index (χ1v) is 1.80. The van der Waals surface area contributed by atoms with E-state index >= 15 is 0 Å². The van der Waals surface area contributed by atoms with E-state index in [0.717, 1.165) is 0 Å². The van der Waals surface area contributed by atoms with E-state index in [4.69, 9.17) is 14.7 Å². The van der Waals surface area contributed by atoms with Crippen molar-refractivity contribution in [2.75, 3.05) is 0 Å². The molecule has 3 nitrogen and oxygen atoms in total. The van der Waals surface area contributed by atoms with Gasteiger partial charge in [-0.3, -0.25) is 0 Å². The molecule has 5 heteroatoms. The summed E-state index contributed by atoms with van der Waals surface area (Å²) in [6, 6.07) is 0. The molecule has 6 heavy (non-hydrogen) atoms. The molecule has 0 aliphatic heterocycles. The van der Waals surface area contributed by atoms with Gasteiger partial charge >= 0.3 is 31.7 Å². The van der Waals surface area contributed by atoms with Gasteiger partial charge in [-0.05, 0) is 0 Å². The molecule has 0 aliphatic rings. The summed E-state index contributed by atoms with van der Waals surface area (Å²) in [6.45, 7) is 0. The number of hydrogen-bond donors (Lipinski definition) is 3. The largest absolute Gasteiger partial charge is 2.00 e. The molecule has 0 saturated heterocycles. The maximum Gasteiger partial charge on any atom is 2.00 e. The summed E-state index contributed by atoms with van der Waals surface area (Å²) in [7, 11) is -2.62. The molecule has 0 fully saturated rings. The van der Waals surface area contributed by atoms with Crippen LogP contribution in [0, 0.1) is 0 Å². The molecular formula is CH9MgO3P. The van der Waals surface area contributed by atoms with Crippen LogP contribution in [0.25, 0.3) is 0 Å². The summed E-state index contributed by atoms with van der Waals surface area (Å²) in [5.74, 6) is 0. The second kappa shape index (κ2) is 9.42. The third kappa shape index (κ3) is 72.8. The zero-order chi connectivity index (χ0) is 3.58. The van der Waals surface area contributed by atoms with Gasteiger partial charge in [0.2, 0.25) is 0 Å². The van der Waals surface area contributed by atoms with Gasteiger partial charge in [-0.25, -0.2) is 0 Å². The monoisotopic (exact) mass is 124 g/mol. The van der Waals surface area contributed by atoms with Crippen LogP contribution in [0.15, 0.2) is 0 Å². The van der Waals surface area contributed by atoms with Crippen molar-refractivity contribution >= 4 is 31.7 Å². The SMILES string of the molecule is C.OP(O)O.[H-].[H-].[Mg+2]. The molecule has 0 spiro atoms. The molecular weight excluding hydrogens is 115 g/mol. The van der Waals surface area contributed by atoms with Crippen molar-refractivity contribution < 1.29 is 17.5 Å². The summed E-state index contributed by atoms with van der Waals surface area (Å²) in [5, 5.41) is 0. The normalized spacial score (nSPS) is 6.00. The van der Waals surface area contributed by atoms with Crippen LogP contribution in [0.3, 0.4) is 0 Å². The Bertz CT molecular complexity index is 22.0. The Hall–Kier alpha value is 1.08. The van der Waals surface area contributed by atoms with Gasteiger partial charge in [0.15, 0.2) is 0 Å². The summed E-state index contributed by atoms with van der Waals surface area (Å²) in [4.78, 5) is 21.7. The van der Waals surface area contributed by atoms with E-state index in [1.807, 2.05) is 0 Å². The van der Waals surface area contributed by atoms with Crippen molar-refractivity contribution in [3.8, 4) is 0 Å². The molecule has 38 valence electrons. The van der Waals surface area contributed by atoms with Crippen LogP contribution in [-0.4, -0.2) is 37.7 Å². The smallest absolute Gasteiger partial charge is 1.00 e. The second-order valence-electron chi connectivity index (χ2n) is 0.268. The molecule has 0 aromatic rings. The summed E-state index contributed by atoms with van der Waals surface area (Å²) in [6.07, 6.45) is 0. The molecule has 0 rings (SSSR count). The van der Waals surface area contributed by atoms with Crippen molar-refractivity contribution in [3.63, 3.8) is 0 Å². The number of hydrogen-bond acceptors (Lipinski definition) is 3. The molecule has 0 unspecified atom stereocenters. The van der Waals surface area contributed by atoms with Crippen LogP contribution in [0.2, 0.25) is 0 Å². The van der Waals surface area contributed by atoms with E-state index in [1.54, 1.807) is 0 Å². The third-order valence-electron chi connectivity index (χ3n) is 0. The van der Waals surface area contributed by atoms with Crippen LogP contribution in [0.1, 0.15) is 10.3 Å². The molecule has 0 aromatic heterocycles. The van der Waals surface area contributed by atoms with Gasteiger partial charge in [0, 0.05) is 0 Å². The minimum atomic E-state index is -2.62. The molecule has 0 aliphatic carbocycles. The Labute approximate surface area is 57.1 Å². The van der Waals surface area contributed by atoms with Gasteiger partial charge in [-0.15, -0.1) is 0 Å². The van der Waals surface area contributed by atoms with Gasteiger partial charge in [-0.1, -0.05) is 7.43 Å². The van der Waals surface area contributed by atoms with Crippen molar-refractivity contribution in [1.82, 2.24) is 0 Å². The van der Waals surface area contributed by atoms with Crippen LogP contribution >= 0.6 is 8.60 Å². The molecule has 0 bridgehead atoms. The van der Waals surface area contributed by atoms with Crippen molar-refractivity contribution in [2.24, 2.45) is 0 Å². The van der Waals surface area contributed by atoms with Gasteiger partial charge < -0.3 is 17.5 Å². The second-order valence-corrected chi connectivity index (χ2v) is 0.805. The predicted molar refractivity (Wildman–Crippen MR) is 28.3 cm³/mol. The van der Waals surface area contributed by atoms with E-state index < -0.39 is 8.60 Å². The van der Waals surface area contributed by atoms with Gasteiger partial charge in [0.25, 0.3) is 0 Å². The summed E-state index contributed by atoms with van der Waals surface area (Å²) < 4.78 is 0. The topological polar surface area (TPSA) is 60.7 Å². The zero-order valence-corrected chi connectivity index (χ0v) is 4.80. The first-order valence-electron chi connectivity index (χ1n) is 0.600. The standard InChI is InChI=1S/CH4.Mg.H3O3P.2H/c;;1-4(2)3;;/h1H4;;1-3H;;/q;+2;;2*-1. The van der Waals surface area contributed by atoms with Gasteiger partial charge in [-0.2, -0.15) is 0 Å². The average Bonchev–Trinajstić information content (AvgIpc) is 0.811. The molecule has 0 saturated carbocycles. The molecule has 0 amide bonds. The Morgan fingerprint density at radius 2 is 1.17 bits per heavy atom. The Kier molecular flexibility index (Phi) is 24.7. The average molecular weight is 124 g/mol. The molecule has 0 radical (unpaired) electrons. The van der Waals surface area contributed by atoms with Gasteiger partial charge in [0.05, 0.1) is 0 Å². The van der Waals surface area contributed by atoms with Crippen LogP contribution in [-0.2, 0) is 0 Å². The van der Waals surface area contributed by atoms with Gasteiger partial charge in [0.1, 0.15) is 0 Å². The molecule has 3 N–H and O–H groups in total. The van der Waals surface area contributed by atoms with E-state index in [2.05, 4.69) is 0 Å². The van der Waals surface area contributed by atoms with Crippen molar-refractivity contribution in [1.29, 1.82) is 0 Å². The maximum atomic E-state index is 7.23. The van der Waals surface area contributed by atoms with Crippen LogP contribution < -0.4 is 0 Å². The summed E-state index contributed by atoms with van der Waals surface area (Å²) >= 11 is 0. The fraction of sp³-hybridized carbons (Fsp3) is 1.00. The molecule has 0 heterocycles. The minimum absolute atomic E-state index is 0. The van der Waals surface area contributed by atoms with E-state index in [1.165, 1.54) is 0 Å². The van der Waals surface area contributed by atoms with E-state index in [9.17, 15) is 0 Å². The minimum Gasteiger partial charge on any atom is -1.00 e. The van der Waals surface area contributed by atoms with Crippen molar-refractivity contribution in [3.05, 3.63) is 0 Å². The predicted octanol–water partition coefficient (Wildman–Crippen LogP) is -0.330. The quantitative estimate of drug-likeness (QED) is 0.306. The molecule has 0 aromatic carbocycles. The van der Waals surface area contributed by atoms with E-state index in [-0.39, 0.29) is 33.3 Å². The van der Waals surface area contributed by atoms with Crippen molar-refractivity contribution in [2.45, 2.75) is 7.43 Å². The number of rotatable bonds is 0. The van der Waals surface area contributed by atoms with E-state index in [0.29, 0.717) is 0 Å². The fourth-order valence-corrected chi connectivity index (χ4v) is 0. The maximum absolute atomic E-state index is 7.23. The molecule has 0 atom stereocenters. The van der Waals surface area contributed by atoms with Crippen LogP contribution in [0.5, 0.6) is 0 Å². The Morgan fingerprint density at radius 3 is 1.17 bits per heavy atom. The Balaban J connectivity index is -0.00000000750. The first kappa shape index (κ1) is 15.7. The zero-order valence-electron chi connectivity index (χ0n) is 4.50. The first-order chi connectivity index (χ1) is 1.73. The third-order valence-corrected chi connectivity index (χ3v) is 0. The van der Waals surface area contributed by atoms with Crippen LogP contribution in [0.4, 0.5) is 0 Å². The summed E-state index contributed by atoms with van der Waals surface area (Å²) in [5.41, 5.74) is 0. The fourth-order valence-electron chi connectivity index (χ4n) is 0.